The summed E-state index contributed by atoms with van der Waals surface area (Å²) in [5, 5.41) is 6.46. The molecular formula is C25H25ClN6O2. The second-order valence-electron chi connectivity index (χ2n) is 8.42. The fourth-order valence-corrected chi connectivity index (χ4v) is 3.95. The van der Waals surface area contributed by atoms with Gasteiger partial charge >= 0.3 is 6.03 Å². The molecule has 0 aliphatic carbocycles. The molecule has 0 radical (unpaired) electrons. The van der Waals surface area contributed by atoms with Crippen molar-refractivity contribution in [3.8, 4) is 0 Å². The molecule has 0 spiro atoms. The average Bonchev–Trinajstić information content (AvgIpc) is 3.18. The van der Waals surface area contributed by atoms with Crippen LogP contribution in [0.4, 0.5) is 22.0 Å². The summed E-state index contributed by atoms with van der Waals surface area (Å²) >= 11 is 6.17. The SMILES string of the molecule is Cc1ccc(Cl)c(NC(=O)Nc2ccc(C)c(C(=O)c3cn(C(C)C)c4ncnc(N)c34)c2)c1. The number of halogens is 1. The summed E-state index contributed by atoms with van der Waals surface area (Å²) in [6, 6.07) is 10.1. The molecule has 0 aliphatic rings. The number of carbonyl (C=O) groups is 2. The maximum Gasteiger partial charge on any atom is 0.323 e. The Kier molecular flexibility index (Phi) is 6.26. The fraction of sp³-hybridized carbons (Fsp3) is 0.200. The Hall–Kier alpha value is -3.91. The van der Waals surface area contributed by atoms with E-state index >= 15 is 0 Å². The number of nitrogens with one attached hydrogen (secondary N) is 2. The van der Waals surface area contributed by atoms with E-state index in [1.807, 2.05) is 38.3 Å². The second-order valence-corrected chi connectivity index (χ2v) is 8.83. The molecule has 0 unspecified atom stereocenters. The lowest BCUT2D eigenvalue weighted by Gasteiger charge is -2.12. The Morgan fingerprint density at radius 3 is 2.53 bits per heavy atom. The van der Waals surface area contributed by atoms with Crippen LogP contribution in [-0.4, -0.2) is 26.3 Å². The van der Waals surface area contributed by atoms with E-state index in [-0.39, 0.29) is 17.6 Å². The van der Waals surface area contributed by atoms with Gasteiger partial charge in [0.1, 0.15) is 17.8 Å². The van der Waals surface area contributed by atoms with Crippen molar-refractivity contribution in [1.29, 1.82) is 0 Å². The topological polar surface area (TPSA) is 115 Å². The summed E-state index contributed by atoms with van der Waals surface area (Å²) in [5.74, 6) is 0.0169. The number of aryl methyl sites for hydroxylation is 2. The molecule has 2 aromatic carbocycles. The molecule has 174 valence electrons. The van der Waals surface area contributed by atoms with Gasteiger partial charge in [0.15, 0.2) is 5.78 Å². The first-order chi connectivity index (χ1) is 16.2. The normalized spacial score (nSPS) is 11.1. The van der Waals surface area contributed by atoms with Crippen LogP contribution in [0.5, 0.6) is 0 Å². The molecule has 0 saturated heterocycles. The minimum Gasteiger partial charge on any atom is -0.383 e. The van der Waals surface area contributed by atoms with E-state index in [4.69, 9.17) is 17.3 Å². The summed E-state index contributed by atoms with van der Waals surface area (Å²) in [6.07, 6.45) is 3.15. The molecule has 0 aliphatic heterocycles. The van der Waals surface area contributed by atoms with Crippen LogP contribution < -0.4 is 16.4 Å². The number of anilines is 3. The second kappa shape index (κ2) is 9.15. The number of fused-ring (bicyclic) bond motifs is 1. The Morgan fingerprint density at radius 2 is 1.79 bits per heavy atom. The minimum atomic E-state index is -0.469. The molecule has 4 rings (SSSR count). The zero-order valence-corrected chi connectivity index (χ0v) is 20.1. The van der Waals surface area contributed by atoms with Gasteiger partial charge in [0, 0.05) is 23.5 Å². The summed E-state index contributed by atoms with van der Waals surface area (Å²) in [7, 11) is 0. The number of hydrogen-bond donors (Lipinski definition) is 3. The molecule has 2 amide bonds. The van der Waals surface area contributed by atoms with Gasteiger partial charge in [-0.1, -0.05) is 23.7 Å². The minimum absolute atomic E-state index is 0.0737. The van der Waals surface area contributed by atoms with Crippen LogP contribution in [0.15, 0.2) is 48.9 Å². The van der Waals surface area contributed by atoms with Crippen molar-refractivity contribution in [3.63, 3.8) is 0 Å². The van der Waals surface area contributed by atoms with Gasteiger partial charge in [-0.25, -0.2) is 14.8 Å². The van der Waals surface area contributed by atoms with Gasteiger partial charge in [-0.2, -0.15) is 0 Å². The smallest absolute Gasteiger partial charge is 0.323 e. The van der Waals surface area contributed by atoms with Crippen LogP contribution in [0.2, 0.25) is 5.02 Å². The van der Waals surface area contributed by atoms with Gasteiger partial charge in [0.25, 0.3) is 0 Å². The highest BCUT2D eigenvalue weighted by Gasteiger charge is 2.23. The van der Waals surface area contributed by atoms with E-state index < -0.39 is 6.03 Å². The number of nitrogens with two attached hydrogens (primary N) is 1. The summed E-state index contributed by atoms with van der Waals surface area (Å²) in [6.45, 7) is 7.75. The van der Waals surface area contributed by atoms with Crippen LogP contribution >= 0.6 is 11.6 Å². The third-order valence-corrected chi connectivity index (χ3v) is 5.88. The van der Waals surface area contributed by atoms with E-state index in [0.29, 0.717) is 38.6 Å². The number of amides is 2. The third-order valence-electron chi connectivity index (χ3n) is 5.55. The average molecular weight is 477 g/mol. The molecule has 2 heterocycles. The third kappa shape index (κ3) is 4.45. The van der Waals surface area contributed by atoms with Gasteiger partial charge in [-0.05, 0) is 63.1 Å². The predicted octanol–water partition coefficient (Wildman–Crippen LogP) is 5.74. The first-order valence-electron chi connectivity index (χ1n) is 10.8. The van der Waals surface area contributed by atoms with E-state index in [1.54, 1.807) is 36.5 Å². The predicted molar refractivity (Wildman–Crippen MR) is 136 cm³/mol. The monoisotopic (exact) mass is 476 g/mol. The van der Waals surface area contributed by atoms with Crippen molar-refractivity contribution < 1.29 is 9.59 Å². The summed E-state index contributed by atoms with van der Waals surface area (Å²) < 4.78 is 1.90. The molecule has 4 aromatic rings. The van der Waals surface area contributed by atoms with E-state index in [1.165, 1.54) is 6.33 Å². The highest BCUT2D eigenvalue weighted by molar-refractivity contribution is 6.33. The lowest BCUT2D eigenvalue weighted by molar-refractivity contribution is 0.103. The van der Waals surface area contributed by atoms with Crippen molar-refractivity contribution in [2.75, 3.05) is 16.4 Å². The standard InChI is InChI=1S/C25H25ClN6O2/c1-13(2)32-11-18(21-23(27)28-12-29-24(21)32)22(33)17-10-16(7-6-15(17)4)30-25(34)31-20-9-14(3)5-8-19(20)26/h5-13H,1-4H3,(H2,27,28,29)(H2,30,31,34). The van der Waals surface area contributed by atoms with Gasteiger partial charge in [0.2, 0.25) is 0 Å². The van der Waals surface area contributed by atoms with E-state index in [0.717, 1.165) is 11.1 Å². The molecule has 4 N–H and O–H groups in total. The van der Waals surface area contributed by atoms with Crippen LogP contribution in [0.25, 0.3) is 11.0 Å². The number of nitrogens with zero attached hydrogens (tertiary/aromatic N) is 3. The highest BCUT2D eigenvalue weighted by Crippen LogP contribution is 2.30. The summed E-state index contributed by atoms with van der Waals surface area (Å²) in [5.41, 5.74) is 10.3. The maximum absolute atomic E-state index is 13.6. The molecule has 0 bridgehead atoms. The Morgan fingerprint density at radius 1 is 1.03 bits per heavy atom. The zero-order chi connectivity index (χ0) is 24.6. The van der Waals surface area contributed by atoms with Crippen molar-refractivity contribution >= 4 is 51.6 Å². The number of hydrogen-bond acceptors (Lipinski definition) is 5. The van der Waals surface area contributed by atoms with Crippen molar-refractivity contribution in [2.24, 2.45) is 0 Å². The largest absolute Gasteiger partial charge is 0.383 e. The van der Waals surface area contributed by atoms with Gasteiger partial charge < -0.3 is 20.9 Å². The number of aromatic nitrogens is 3. The van der Waals surface area contributed by atoms with Gasteiger partial charge in [-0.15, -0.1) is 0 Å². The number of urea groups is 1. The number of rotatable bonds is 5. The Bertz CT molecular complexity index is 1430. The molecule has 0 saturated carbocycles. The molecule has 34 heavy (non-hydrogen) atoms. The number of ketones is 1. The van der Waals surface area contributed by atoms with E-state index in [9.17, 15) is 9.59 Å². The molecule has 9 heteroatoms. The number of nitrogen functional groups attached to an aromatic ring is 1. The molecule has 0 atom stereocenters. The Balaban J connectivity index is 1.66. The molecular weight excluding hydrogens is 452 g/mol. The zero-order valence-electron chi connectivity index (χ0n) is 19.3. The first-order valence-corrected chi connectivity index (χ1v) is 11.1. The number of carbonyl (C=O) groups excluding carboxylic acids is 2. The number of benzene rings is 2. The molecule has 2 aromatic heterocycles. The van der Waals surface area contributed by atoms with Crippen LogP contribution in [0.3, 0.4) is 0 Å². The van der Waals surface area contributed by atoms with Gasteiger partial charge in [-0.3, -0.25) is 4.79 Å². The lowest BCUT2D eigenvalue weighted by atomic mass is 9.98. The van der Waals surface area contributed by atoms with Crippen LogP contribution in [0.1, 0.15) is 46.9 Å². The van der Waals surface area contributed by atoms with Crippen LogP contribution in [-0.2, 0) is 0 Å². The highest BCUT2D eigenvalue weighted by atomic mass is 35.5. The summed E-state index contributed by atoms with van der Waals surface area (Å²) in [4.78, 5) is 34.6. The van der Waals surface area contributed by atoms with Gasteiger partial charge in [0.05, 0.1) is 21.7 Å². The van der Waals surface area contributed by atoms with Crippen molar-refractivity contribution in [1.82, 2.24) is 14.5 Å². The fourth-order valence-electron chi connectivity index (χ4n) is 3.78. The van der Waals surface area contributed by atoms with Crippen LogP contribution in [0, 0.1) is 13.8 Å². The Labute approximate surface area is 202 Å². The van der Waals surface area contributed by atoms with Crippen molar-refractivity contribution in [3.05, 3.63) is 76.2 Å². The van der Waals surface area contributed by atoms with E-state index in [2.05, 4.69) is 20.6 Å². The molecule has 8 nitrogen and oxygen atoms in total. The quantitative estimate of drug-likeness (QED) is 0.318. The van der Waals surface area contributed by atoms with Crippen molar-refractivity contribution in [2.45, 2.75) is 33.7 Å². The first kappa shape index (κ1) is 23.3. The maximum atomic E-state index is 13.6. The lowest BCUT2D eigenvalue weighted by Crippen LogP contribution is -2.20. The molecule has 0 fully saturated rings.